The van der Waals surface area contributed by atoms with Crippen molar-refractivity contribution in [3.8, 4) is 0 Å². The molecule has 1 aliphatic heterocycles. The van der Waals surface area contributed by atoms with Gasteiger partial charge in [-0.25, -0.2) is 0 Å². The van der Waals surface area contributed by atoms with Crippen molar-refractivity contribution in [2.24, 2.45) is 0 Å². The van der Waals surface area contributed by atoms with E-state index in [0.717, 1.165) is 11.3 Å². The lowest BCUT2D eigenvalue weighted by atomic mass is 10.1. The van der Waals surface area contributed by atoms with E-state index in [2.05, 4.69) is 34.5 Å². The summed E-state index contributed by atoms with van der Waals surface area (Å²) in [6, 6.07) is 12.5. The first-order chi connectivity index (χ1) is 10.3. The van der Waals surface area contributed by atoms with Crippen molar-refractivity contribution in [3.63, 3.8) is 0 Å². The number of benzene rings is 1. The first-order valence-electron chi connectivity index (χ1n) is 7.48. The SMILES string of the molecule is O=C(NCCc1ccc(N2CCCC2)cc1)c1cccs1. The number of anilines is 1. The third kappa shape index (κ3) is 3.64. The van der Waals surface area contributed by atoms with E-state index in [1.54, 1.807) is 0 Å². The summed E-state index contributed by atoms with van der Waals surface area (Å²) in [5.41, 5.74) is 2.59. The van der Waals surface area contributed by atoms with E-state index in [0.29, 0.717) is 6.54 Å². The monoisotopic (exact) mass is 300 g/mol. The average Bonchev–Trinajstić information content (AvgIpc) is 3.21. The largest absolute Gasteiger partial charge is 0.372 e. The van der Waals surface area contributed by atoms with E-state index in [-0.39, 0.29) is 5.91 Å². The Kier molecular flexibility index (Phi) is 4.55. The van der Waals surface area contributed by atoms with Gasteiger partial charge in [-0.2, -0.15) is 0 Å². The van der Waals surface area contributed by atoms with E-state index < -0.39 is 0 Å². The summed E-state index contributed by atoms with van der Waals surface area (Å²) in [6.07, 6.45) is 3.48. The van der Waals surface area contributed by atoms with E-state index in [9.17, 15) is 4.79 Å². The van der Waals surface area contributed by atoms with Gasteiger partial charge in [0, 0.05) is 25.3 Å². The molecule has 0 aliphatic carbocycles. The molecule has 4 heteroatoms. The normalized spacial score (nSPS) is 14.4. The first kappa shape index (κ1) is 14.1. The fraction of sp³-hybridized carbons (Fsp3) is 0.353. The predicted molar refractivity (Wildman–Crippen MR) is 88.2 cm³/mol. The van der Waals surface area contributed by atoms with Crippen LogP contribution in [-0.4, -0.2) is 25.5 Å². The van der Waals surface area contributed by atoms with Gasteiger partial charge >= 0.3 is 0 Å². The molecule has 1 aromatic heterocycles. The molecule has 0 spiro atoms. The highest BCUT2D eigenvalue weighted by Crippen LogP contribution is 2.20. The zero-order valence-electron chi connectivity index (χ0n) is 12.0. The van der Waals surface area contributed by atoms with Crippen LogP contribution in [0, 0.1) is 0 Å². The Morgan fingerprint density at radius 1 is 1.14 bits per heavy atom. The van der Waals surface area contributed by atoms with Crippen LogP contribution in [0.3, 0.4) is 0 Å². The molecule has 1 amide bonds. The maximum absolute atomic E-state index is 11.8. The van der Waals surface area contributed by atoms with Gasteiger partial charge in [0.2, 0.25) is 0 Å². The van der Waals surface area contributed by atoms with Crippen LogP contribution in [0.5, 0.6) is 0 Å². The summed E-state index contributed by atoms with van der Waals surface area (Å²) >= 11 is 1.48. The summed E-state index contributed by atoms with van der Waals surface area (Å²) in [4.78, 5) is 15.0. The van der Waals surface area contributed by atoms with Gasteiger partial charge in [0.25, 0.3) is 5.91 Å². The smallest absolute Gasteiger partial charge is 0.261 e. The fourth-order valence-corrected chi connectivity index (χ4v) is 3.30. The van der Waals surface area contributed by atoms with Crippen LogP contribution in [0.25, 0.3) is 0 Å². The molecule has 110 valence electrons. The lowest BCUT2D eigenvalue weighted by Gasteiger charge is -2.17. The Morgan fingerprint density at radius 3 is 2.57 bits per heavy atom. The molecule has 2 heterocycles. The molecule has 3 rings (SSSR count). The van der Waals surface area contributed by atoms with Crippen molar-refractivity contribution in [2.75, 3.05) is 24.5 Å². The number of carbonyl (C=O) groups is 1. The van der Waals surface area contributed by atoms with Crippen molar-refractivity contribution in [2.45, 2.75) is 19.3 Å². The summed E-state index contributed by atoms with van der Waals surface area (Å²) in [7, 11) is 0. The van der Waals surface area contributed by atoms with Gasteiger partial charge in [0.15, 0.2) is 0 Å². The van der Waals surface area contributed by atoms with Crippen molar-refractivity contribution in [1.82, 2.24) is 5.32 Å². The molecule has 0 bridgehead atoms. The van der Waals surface area contributed by atoms with E-state index in [1.165, 1.54) is 48.5 Å². The topological polar surface area (TPSA) is 32.3 Å². The number of hydrogen-bond acceptors (Lipinski definition) is 3. The number of amides is 1. The molecule has 2 aromatic rings. The minimum atomic E-state index is 0.0266. The maximum Gasteiger partial charge on any atom is 0.261 e. The lowest BCUT2D eigenvalue weighted by Crippen LogP contribution is -2.24. The maximum atomic E-state index is 11.8. The first-order valence-corrected chi connectivity index (χ1v) is 8.36. The quantitative estimate of drug-likeness (QED) is 0.918. The molecule has 1 aromatic carbocycles. The zero-order chi connectivity index (χ0) is 14.5. The second-order valence-electron chi connectivity index (χ2n) is 5.34. The van der Waals surface area contributed by atoms with Crippen LogP contribution < -0.4 is 10.2 Å². The summed E-state index contributed by atoms with van der Waals surface area (Å²) in [5.74, 6) is 0.0266. The molecule has 0 radical (unpaired) electrons. The lowest BCUT2D eigenvalue weighted by molar-refractivity contribution is 0.0958. The Hall–Kier alpha value is -1.81. The van der Waals surface area contributed by atoms with Crippen LogP contribution in [-0.2, 0) is 6.42 Å². The summed E-state index contributed by atoms with van der Waals surface area (Å²) < 4.78 is 0. The molecule has 0 saturated carbocycles. The molecule has 1 aliphatic rings. The number of nitrogens with one attached hydrogen (secondary N) is 1. The molecule has 3 nitrogen and oxygen atoms in total. The highest BCUT2D eigenvalue weighted by atomic mass is 32.1. The van der Waals surface area contributed by atoms with Gasteiger partial charge < -0.3 is 10.2 Å². The van der Waals surface area contributed by atoms with Gasteiger partial charge in [-0.05, 0) is 48.4 Å². The van der Waals surface area contributed by atoms with Crippen LogP contribution in [0.4, 0.5) is 5.69 Å². The second kappa shape index (κ2) is 6.76. The molecular weight excluding hydrogens is 280 g/mol. The number of nitrogens with zero attached hydrogens (tertiary/aromatic N) is 1. The number of carbonyl (C=O) groups excluding carboxylic acids is 1. The highest BCUT2D eigenvalue weighted by molar-refractivity contribution is 7.12. The summed E-state index contributed by atoms with van der Waals surface area (Å²) in [6.45, 7) is 3.03. The minimum Gasteiger partial charge on any atom is -0.372 e. The van der Waals surface area contributed by atoms with Gasteiger partial charge in [-0.1, -0.05) is 18.2 Å². The van der Waals surface area contributed by atoms with Gasteiger partial charge in [-0.15, -0.1) is 11.3 Å². The molecule has 0 atom stereocenters. The van der Waals surface area contributed by atoms with Gasteiger partial charge in [-0.3, -0.25) is 4.79 Å². The Balaban J connectivity index is 1.48. The Morgan fingerprint density at radius 2 is 1.90 bits per heavy atom. The van der Waals surface area contributed by atoms with E-state index in [1.807, 2.05) is 17.5 Å². The fourth-order valence-electron chi connectivity index (χ4n) is 2.66. The Bertz CT molecular complexity index is 571. The number of rotatable bonds is 5. The molecule has 1 fully saturated rings. The van der Waals surface area contributed by atoms with Crippen molar-refractivity contribution >= 4 is 22.9 Å². The van der Waals surface area contributed by atoms with E-state index >= 15 is 0 Å². The number of hydrogen-bond donors (Lipinski definition) is 1. The predicted octanol–water partition coefficient (Wildman–Crippen LogP) is 3.32. The van der Waals surface area contributed by atoms with Crippen LogP contribution in [0.1, 0.15) is 28.1 Å². The summed E-state index contributed by atoms with van der Waals surface area (Å²) in [5, 5.41) is 4.89. The third-order valence-electron chi connectivity index (χ3n) is 3.85. The van der Waals surface area contributed by atoms with Gasteiger partial charge in [0.1, 0.15) is 0 Å². The molecule has 1 N–H and O–H groups in total. The molecular formula is C17H20N2OS. The zero-order valence-corrected chi connectivity index (χ0v) is 12.9. The molecule has 1 saturated heterocycles. The standard InChI is InChI=1S/C17H20N2OS/c20-17(16-4-3-13-21-16)18-10-9-14-5-7-15(8-6-14)19-11-1-2-12-19/h3-8,13H,1-2,9-12H2,(H,18,20). The third-order valence-corrected chi connectivity index (χ3v) is 4.72. The minimum absolute atomic E-state index is 0.0266. The Labute approximate surface area is 129 Å². The van der Waals surface area contributed by atoms with Crippen LogP contribution >= 0.6 is 11.3 Å². The van der Waals surface area contributed by atoms with Crippen molar-refractivity contribution in [3.05, 3.63) is 52.2 Å². The molecule has 21 heavy (non-hydrogen) atoms. The second-order valence-corrected chi connectivity index (χ2v) is 6.29. The molecule has 0 unspecified atom stereocenters. The average molecular weight is 300 g/mol. The van der Waals surface area contributed by atoms with Crippen LogP contribution in [0.2, 0.25) is 0 Å². The van der Waals surface area contributed by atoms with Crippen molar-refractivity contribution < 1.29 is 4.79 Å². The van der Waals surface area contributed by atoms with Crippen molar-refractivity contribution in [1.29, 1.82) is 0 Å². The van der Waals surface area contributed by atoms with E-state index in [4.69, 9.17) is 0 Å². The van der Waals surface area contributed by atoms with Gasteiger partial charge in [0.05, 0.1) is 4.88 Å². The van der Waals surface area contributed by atoms with Crippen LogP contribution in [0.15, 0.2) is 41.8 Å². The number of thiophene rings is 1. The highest BCUT2D eigenvalue weighted by Gasteiger charge is 2.11.